The van der Waals surface area contributed by atoms with E-state index >= 15 is 0 Å². The average molecular weight is 524 g/mol. The fraction of sp³-hybridized carbons (Fsp3) is 0.226. The molecule has 0 saturated carbocycles. The van der Waals surface area contributed by atoms with Gasteiger partial charge in [0, 0.05) is 30.1 Å². The Balaban J connectivity index is 1.60. The molecule has 4 aromatic carbocycles. The van der Waals surface area contributed by atoms with Gasteiger partial charge in [0.15, 0.2) is 23.0 Å². The van der Waals surface area contributed by atoms with Crippen LogP contribution in [-0.4, -0.2) is 57.1 Å². The smallest absolute Gasteiger partial charge is 0.274 e. The van der Waals surface area contributed by atoms with E-state index in [0.29, 0.717) is 34.7 Å². The minimum atomic E-state index is 0.445. The number of rotatable bonds is 6. The van der Waals surface area contributed by atoms with Gasteiger partial charge in [-0.15, -0.1) is 0 Å². The van der Waals surface area contributed by atoms with Crippen LogP contribution < -0.4 is 18.9 Å². The number of hydrogen-bond donors (Lipinski definition) is 0. The zero-order valence-electron chi connectivity index (χ0n) is 22.6. The van der Waals surface area contributed by atoms with E-state index in [1.54, 1.807) is 28.4 Å². The Morgan fingerprint density at radius 1 is 0.821 bits per heavy atom. The maximum absolute atomic E-state index is 6.03. The highest BCUT2D eigenvalue weighted by Gasteiger charge is 2.27. The lowest BCUT2D eigenvalue weighted by Crippen LogP contribution is -2.18. The standard InChI is InChI=1S/C31H29N3O5/c1-34-14-13-20-21-12-11-19-15-25(35-2)26(36-3)17-22(19)27(21)29(38-5)28(37-4)23(20)16-24(34)31-32-30(33-39-31)18-9-7-6-8-10-18/h6-12,15-17H,13-14H2,1-5H3. The van der Waals surface area contributed by atoms with E-state index in [1.165, 1.54) is 0 Å². The van der Waals surface area contributed by atoms with Crippen molar-refractivity contribution in [2.45, 2.75) is 6.42 Å². The quantitative estimate of drug-likeness (QED) is 0.249. The number of ether oxygens (including phenoxy) is 4. The van der Waals surface area contributed by atoms with Crippen molar-refractivity contribution in [2.24, 2.45) is 0 Å². The monoisotopic (exact) mass is 523 g/mol. The van der Waals surface area contributed by atoms with Crippen LogP contribution >= 0.6 is 0 Å². The summed E-state index contributed by atoms with van der Waals surface area (Å²) in [5.74, 6) is 3.62. The van der Waals surface area contributed by atoms with Gasteiger partial charge in [0.25, 0.3) is 5.89 Å². The molecule has 198 valence electrons. The summed E-state index contributed by atoms with van der Waals surface area (Å²) in [4.78, 5) is 6.85. The fourth-order valence-electron chi connectivity index (χ4n) is 5.39. The first-order valence-corrected chi connectivity index (χ1v) is 12.7. The van der Waals surface area contributed by atoms with Crippen LogP contribution in [0.15, 0.2) is 59.1 Å². The van der Waals surface area contributed by atoms with E-state index in [1.807, 2.05) is 49.5 Å². The van der Waals surface area contributed by atoms with Crippen molar-refractivity contribution in [1.29, 1.82) is 0 Å². The summed E-state index contributed by atoms with van der Waals surface area (Å²) in [6, 6.07) is 18.0. The van der Waals surface area contributed by atoms with Crippen molar-refractivity contribution in [2.75, 3.05) is 42.0 Å². The van der Waals surface area contributed by atoms with Crippen LogP contribution in [0.5, 0.6) is 23.0 Å². The predicted octanol–water partition coefficient (Wildman–Crippen LogP) is 6.06. The molecule has 8 heteroatoms. The molecule has 39 heavy (non-hydrogen) atoms. The molecule has 0 amide bonds. The highest BCUT2D eigenvalue weighted by molar-refractivity contribution is 6.15. The van der Waals surface area contributed by atoms with Gasteiger partial charge < -0.3 is 28.4 Å². The molecule has 0 fully saturated rings. The SMILES string of the molecule is COc1cc2ccc3c4c(c(OC)c(OC)c3c2cc1OC)C=C(c1nc(-c2ccccc2)no1)N(C)CC4. The molecule has 1 aliphatic heterocycles. The van der Waals surface area contributed by atoms with Crippen molar-refractivity contribution < 1.29 is 23.5 Å². The Morgan fingerprint density at radius 2 is 1.56 bits per heavy atom. The number of hydrogen-bond acceptors (Lipinski definition) is 8. The largest absolute Gasteiger partial charge is 0.493 e. The van der Waals surface area contributed by atoms with Gasteiger partial charge in [-0.2, -0.15) is 4.98 Å². The maximum Gasteiger partial charge on any atom is 0.274 e. The van der Waals surface area contributed by atoms with Crippen LogP contribution in [0, 0.1) is 0 Å². The van der Waals surface area contributed by atoms with Gasteiger partial charge in [0.1, 0.15) is 5.70 Å². The Bertz CT molecular complexity index is 1730. The van der Waals surface area contributed by atoms with Crippen LogP contribution in [-0.2, 0) is 6.42 Å². The Labute approximate surface area is 226 Å². The van der Waals surface area contributed by atoms with Gasteiger partial charge in [0.05, 0.1) is 28.4 Å². The van der Waals surface area contributed by atoms with Gasteiger partial charge in [0.2, 0.25) is 5.82 Å². The van der Waals surface area contributed by atoms with Crippen LogP contribution in [0.3, 0.4) is 0 Å². The van der Waals surface area contributed by atoms with Crippen molar-refractivity contribution in [3.05, 3.63) is 71.6 Å². The Kier molecular flexibility index (Phi) is 6.23. The number of fused-ring (bicyclic) bond motifs is 5. The number of nitrogens with zero attached hydrogens (tertiary/aromatic N) is 3. The van der Waals surface area contributed by atoms with E-state index in [0.717, 1.165) is 56.9 Å². The molecule has 2 heterocycles. The third kappa shape index (κ3) is 4.00. The molecule has 1 aromatic heterocycles. The predicted molar refractivity (Wildman–Crippen MR) is 152 cm³/mol. The lowest BCUT2D eigenvalue weighted by molar-refractivity contribution is 0.355. The second-order valence-corrected chi connectivity index (χ2v) is 9.37. The third-order valence-electron chi connectivity index (χ3n) is 7.33. The molecular formula is C31H29N3O5. The summed E-state index contributed by atoms with van der Waals surface area (Å²) in [6.07, 6.45) is 2.84. The molecule has 0 atom stereocenters. The fourth-order valence-corrected chi connectivity index (χ4v) is 5.39. The summed E-state index contributed by atoms with van der Waals surface area (Å²) in [6.45, 7) is 0.746. The van der Waals surface area contributed by atoms with E-state index in [9.17, 15) is 0 Å². The van der Waals surface area contributed by atoms with E-state index in [2.05, 4.69) is 28.3 Å². The zero-order valence-corrected chi connectivity index (χ0v) is 22.6. The maximum atomic E-state index is 6.03. The van der Waals surface area contributed by atoms with Crippen LogP contribution in [0.4, 0.5) is 0 Å². The van der Waals surface area contributed by atoms with E-state index in [4.69, 9.17) is 28.5 Å². The average Bonchev–Trinajstić information content (AvgIpc) is 3.40. The minimum absolute atomic E-state index is 0.445. The van der Waals surface area contributed by atoms with Crippen molar-refractivity contribution in [3.63, 3.8) is 0 Å². The first-order valence-electron chi connectivity index (χ1n) is 12.7. The molecule has 0 bridgehead atoms. The first kappa shape index (κ1) is 24.6. The number of likely N-dealkylation sites (N-methyl/N-ethyl adjacent to an activating group) is 1. The number of aromatic nitrogens is 2. The van der Waals surface area contributed by atoms with Gasteiger partial charge in [-0.1, -0.05) is 47.6 Å². The second kappa shape index (κ2) is 9.87. The molecule has 0 N–H and O–H groups in total. The lowest BCUT2D eigenvalue weighted by atomic mass is 9.91. The van der Waals surface area contributed by atoms with Crippen molar-refractivity contribution in [1.82, 2.24) is 15.0 Å². The van der Waals surface area contributed by atoms with E-state index in [-0.39, 0.29) is 0 Å². The number of benzene rings is 4. The molecule has 5 aromatic rings. The van der Waals surface area contributed by atoms with Crippen LogP contribution in [0.25, 0.3) is 44.7 Å². The first-order chi connectivity index (χ1) is 19.1. The van der Waals surface area contributed by atoms with Gasteiger partial charge >= 0.3 is 0 Å². The molecule has 0 spiro atoms. The van der Waals surface area contributed by atoms with Crippen LogP contribution in [0.1, 0.15) is 17.0 Å². The minimum Gasteiger partial charge on any atom is -0.493 e. The molecule has 8 nitrogen and oxygen atoms in total. The highest BCUT2D eigenvalue weighted by Crippen LogP contribution is 2.48. The summed E-state index contributed by atoms with van der Waals surface area (Å²) < 4.78 is 29.0. The molecule has 0 saturated heterocycles. The molecule has 0 aliphatic carbocycles. The molecule has 1 aliphatic rings. The lowest BCUT2D eigenvalue weighted by Gasteiger charge is -2.20. The van der Waals surface area contributed by atoms with Gasteiger partial charge in [-0.3, -0.25) is 0 Å². The Hall–Kier alpha value is -4.72. The zero-order chi connectivity index (χ0) is 27.1. The molecule has 6 rings (SSSR count). The highest BCUT2D eigenvalue weighted by atomic mass is 16.5. The second-order valence-electron chi connectivity index (χ2n) is 9.37. The number of methoxy groups -OCH3 is 4. The van der Waals surface area contributed by atoms with Crippen molar-refractivity contribution in [3.8, 4) is 34.4 Å². The normalized spacial score (nSPS) is 13.2. The van der Waals surface area contributed by atoms with E-state index < -0.39 is 0 Å². The molecular weight excluding hydrogens is 494 g/mol. The summed E-state index contributed by atoms with van der Waals surface area (Å²) in [5, 5.41) is 8.31. The summed E-state index contributed by atoms with van der Waals surface area (Å²) >= 11 is 0. The molecule has 0 unspecified atom stereocenters. The topological polar surface area (TPSA) is 79.1 Å². The van der Waals surface area contributed by atoms with Gasteiger partial charge in [-0.25, -0.2) is 0 Å². The Morgan fingerprint density at radius 3 is 2.28 bits per heavy atom. The van der Waals surface area contributed by atoms with Crippen LogP contribution in [0.2, 0.25) is 0 Å². The summed E-state index contributed by atoms with van der Waals surface area (Å²) in [5.41, 5.74) is 3.80. The molecule has 0 radical (unpaired) electrons. The van der Waals surface area contributed by atoms with Gasteiger partial charge in [-0.05, 0) is 46.4 Å². The van der Waals surface area contributed by atoms with Crippen molar-refractivity contribution >= 4 is 33.3 Å². The summed E-state index contributed by atoms with van der Waals surface area (Å²) in [7, 11) is 8.65. The third-order valence-corrected chi connectivity index (χ3v) is 7.33.